The van der Waals surface area contributed by atoms with Gasteiger partial charge in [-0.25, -0.2) is 14.4 Å². The van der Waals surface area contributed by atoms with E-state index in [1.807, 2.05) is 6.92 Å². The van der Waals surface area contributed by atoms with Gasteiger partial charge in [0.05, 0.1) is 19.3 Å². The van der Waals surface area contributed by atoms with Gasteiger partial charge in [0.1, 0.15) is 11.8 Å². The van der Waals surface area contributed by atoms with Crippen molar-refractivity contribution in [3.05, 3.63) is 0 Å². The van der Waals surface area contributed by atoms with Crippen molar-refractivity contribution in [1.82, 2.24) is 16.1 Å². The Kier molecular flexibility index (Phi) is 12.8. The molecule has 0 saturated carbocycles. The van der Waals surface area contributed by atoms with Gasteiger partial charge in [-0.05, 0) is 60.3 Å². The summed E-state index contributed by atoms with van der Waals surface area (Å²) in [6.07, 6.45) is -0.501. The Morgan fingerprint density at radius 2 is 1.57 bits per heavy atom. The zero-order valence-corrected chi connectivity index (χ0v) is 17.8. The van der Waals surface area contributed by atoms with Gasteiger partial charge in [0.25, 0.3) is 0 Å². The molecule has 0 aromatic heterocycles. The van der Waals surface area contributed by atoms with Gasteiger partial charge in [0, 0.05) is 0 Å². The van der Waals surface area contributed by atoms with E-state index in [4.69, 9.17) is 19.0 Å². The van der Waals surface area contributed by atoms with Gasteiger partial charge in [-0.2, -0.15) is 5.48 Å². The lowest BCUT2D eigenvalue weighted by Gasteiger charge is -2.21. The normalized spacial score (nSPS) is 12.1. The standard InChI is InChI=1S/C18H35N3O7/c1-7-11-25-15(22)19-14(20-16(23)27-13(2)3)10-8-9-12-26-21-17(24)28-18(4,5)6/h13-14H,7-12H2,1-6H3,(H,19,22)(H,20,23)(H,21,24). The number of ether oxygens (including phenoxy) is 3. The average Bonchev–Trinajstić information content (AvgIpc) is 2.53. The number of hydrogen-bond donors (Lipinski definition) is 3. The van der Waals surface area contributed by atoms with Gasteiger partial charge in [-0.1, -0.05) is 6.92 Å². The molecule has 0 spiro atoms. The van der Waals surface area contributed by atoms with Crippen LogP contribution < -0.4 is 16.1 Å². The van der Waals surface area contributed by atoms with Crippen molar-refractivity contribution < 1.29 is 33.4 Å². The molecule has 3 amide bonds. The molecular weight excluding hydrogens is 370 g/mol. The Labute approximate surface area is 166 Å². The minimum Gasteiger partial charge on any atom is -0.450 e. The predicted octanol–water partition coefficient (Wildman–Crippen LogP) is 3.21. The molecule has 3 N–H and O–H groups in total. The van der Waals surface area contributed by atoms with Crippen LogP contribution in [0.15, 0.2) is 0 Å². The highest BCUT2D eigenvalue weighted by Gasteiger charge is 2.18. The van der Waals surface area contributed by atoms with E-state index in [9.17, 15) is 14.4 Å². The molecular formula is C18H35N3O7. The number of carbonyl (C=O) groups is 3. The molecule has 1 unspecified atom stereocenters. The molecule has 0 aromatic rings. The van der Waals surface area contributed by atoms with Crippen LogP contribution >= 0.6 is 0 Å². The number of rotatable bonds is 11. The summed E-state index contributed by atoms with van der Waals surface area (Å²) in [5, 5.41) is 5.17. The molecule has 0 radical (unpaired) electrons. The zero-order valence-electron chi connectivity index (χ0n) is 17.8. The highest BCUT2D eigenvalue weighted by atomic mass is 16.7. The Hall–Kier alpha value is -2.23. The molecule has 0 aliphatic rings. The van der Waals surface area contributed by atoms with Crippen molar-refractivity contribution >= 4 is 18.3 Å². The van der Waals surface area contributed by atoms with E-state index >= 15 is 0 Å². The summed E-state index contributed by atoms with van der Waals surface area (Å²) >= 11 is 0. The van der Waals surface area contributed by atoms with Crippen LogP contribution in [0.2, 0.25) is 0 Å². The molecule has 0 aliphatic heterocycles. The SMILES string of the molecule is CCCOC(=O)NC(CCCCONC(=O)OC(C)(C)C)NC(=O)OC(C)C. The second kappa shape index (κ2) is 13.9. The Balaban J connectivity index is 4.23. The van der Waals surface area contributed by atoms with Crippen molar-refractivity contribution in [2.45, 2.75) is 85.1 Å². The quantitative estimate of drug-likeness (QED) is 0.209. The molecule has 0 fully saturated rings. The van der Waals surface area contributed by atoms with Crippen LogP contribution in [0.25, 0.3) is 0 Å². The predicted molar refractivity (Wildman–Crippen MR) is 102 cm³/mol. The van der Waals surface area contributed by atoms with Gasteiger partial charge < -0.3 is 24.8 Å². The van der Waals surface area contributed by atoms with Crippen molar-refractivity contribution in [2.24, 2.45) is 0 Å². The van der Waals surface area contributed by atoms with E-state index < -0.39 is 30.0 Å². The minimum atomic E-state index is -0.663. The number of alkyl carbamates (subject to hydrolysis) is 2. The maximum atomic E-state index is 11.8. The summed E-state index contributed by atoms with van der Waals surface area (Å²) in [5.74, 6) is 0. The zero-order chi connectivity index (χ0) is 21.6. The maximum absolute atomic E-state index is 11.8. The molecule has 10 nitrogen and oxygen atoms in total. The molecule has 1 atom stereocenters. The van der Waals surface area contributed by atoms with Crippen molar-refractivity contribution in [3.8, 4) is 0 Å². The van der Waals surface area contributed by atoms with E-state index in [0.717, 1.165) is 0 Å². The van der Waals surface area contributed by atoms with E-state index in [2.05, 4.69) is 16.1 Å². The molecule has 0 aliphatic carbocycles. The van der Waals surface area contributed by atoms with Crippen LogP contribution in [-0.4, -0.2) is 49.4 Å². The number of unbranched alkanes of at least 4 members (excludes halogenated alkanes) is 1. The van der Waals surface area contributed by atoms with Crippen molar-refractivity contribution in [3.63, 3.8) is 0 Å². The number of hydrogen-bond acceptors (Lipinski definition) is 7. The van der Waals surface area contributed by atoms with Crippen molar-refractivity contribution in [2.75, 3.05) is 13.2 Å². The van der Waals surface area contributed by atoms with Crippen LogP contribution in [0.5, 0.6) is 0 Å². The lowest BCUT2D eigenvalue weighted by atomic mass is 10.2. The van der Waals surface area contributed by atoms with E-state index in [1.54, 1.807) is 34.6 Å². The molecule has 0 rings (SSSR count). The summed E-state index contributed by atoms with van der Waals surface area (Å²) in [6.45, 7) is 11.1. The molecule has 0 saturated heterocycles. The molecule has 28 heavy (non-hydrogen) atoms. The Bertz CT molecular complexity index is 478. The second-order valence-electron chi connectivity index (χ2n) is 7.38. The third-order valence-electron chi connectivity index (χ3n) is 2.91. The number of amides is 3. The van der Waals surface area contributed by atoms with E-state index in [0.29, 0.717) is 32.3 Å². The number of hydroxylamine groups is 1. The molecule has 0 bridgehead atoms. The number of nitrogens with one attached hydrogen (secondary N) is 3. The molecule has 0 heterocycles. The second-order valence-corrected chi connectivity index (χ2v) is 7.38. The third kappa shape index (κ3) is 16.0. The fraction of sp³-hybridized carbons (Fsp3) is 0.833. The highest BCUT2D eigenvalue weighted by Crippen LogP contribution is 2.06. The fourth-order valence-corrected chi connectivity index (χ4v) is 1.88. The van der Waals surface area contributed by atoms with Crippen LogP contribution in [0.4, 0.5) is 14.4 Å². The summed E-state index contributed by atoms with van der Waals surface area (Å²) in [6, 6.07) is 0. The molecule has 10 heteroatoms. The fourth-order valence-electron chi connectivity index (χ4n) is 1.88. The van der Waals surface area contributed by atoms with E-state index in [1.165, 1.54) is 0 Å². The van der Waals surface area contributed by atoms with Crippen LogP contribution in [0.3, 0.4) is 0 Å². The Morgan fingerprint density at radius 3 is 2.14 bits per heavy atom. The third-order valence-corrected chi connectivity index (χ3v) is 2.91. The van der Waals surface area contributed by atoms with Crippen LogP contribution in [0, 0.1) is 0 Å². The minimum absolute atomic E-state index is 0.253. The van der Waals surface area contributed by atoms with Gasteiger partial charge in [-0.15, -0.1) is 0 Å². The monoisotopic (exact) mass is 405 g/mol. The molecule has 164 valence electrons. The first-order valence-electron chi connectivity index (χ1n) is 9.54. The summed E-state index contributed by atoms with van der Waals surface area (Å²) in [4.78, 5) is 40.0. The van der Waals surface area contributed by atoms with Crippen LogP contribution in [-0.2, 0) is 19.0 Å². The van der Waals surface area contributed by atoms with Crippen LogP contribution in [0.1, 0.15) is 67.2 Å². The van der Waals surface area contributed by atoms with Crippen molar-refractivity contribution in [1.29, 1.82) is 0 Å². The lowest BCUT2D eigenvalue weighted by Crippen LogP contribution is -2.48. The maximum Gasteiger partial charge on any atom is 0.431 e. The number of carbonyl (C=O) groups excluding carboxylic acids is 3. The van der Waals surface area contributed by atoms with Gasteiger partial charge >= 0.3 is 18.3 Å². The average molecular weight is 405 g/mol. The smallest absolute Gasteiger partial charge is 0.431 e. The summed E-state index contributed by atoms with van der Waals surface area (Å²) in [7, 11) is 0. The first kappa shape index (κ1) is 25.8. The first-order chi connectivity index (χ1) is 13.0. The largest absolute Gasteiger partial charge is 0.450 e. The summed E-state index contributed by atoms with van der Waals surface area (Å²) in [5.41, 5.74) is 1.59. The lowest BCUT2D eigenvalue weighted by molar-refractivity contribution is -0.00877. The molecule has 0 aromatic carbocycles. The Morgan fingerprint density at radius 1 is 0.929 bits per heavy atom. The van der Waals surface area contributed by atoms with Gasteiger partial charge in [0.2, 0.25) is 0 Å². The van der Waals surface area contributed by atoms with E-state index in [-0.39, 0.29) is 12.7 Å². The van der Waals surface area contributed by atoms with Gasteiger partial charge in [-0.3, -0.25) is 4.84 Å². The topological polar surface area (TPSA) is 124 Å². The van der Waals surface area contributed by atoms with Gasteiger partial charge in [0.15, 0.2) is 0 Å². The summed E-state index contributed by atoms with van der Waals surface area (Å²) < 4.78 is 15.0. The highest BCUT2D eigenvalue weighted by molar-refractivity contribution is 5.71. The first-order valence-corrected chi connectivity index (χ1v) is 9.54.